The summed E-state index contributed by atoms with van der Waals surface area (Å²) in [6, 6.07) is 26.2. The Morgan fingerprint density at radius 1 is 0.875 bits per heavy atom. The minimum absolute atomic E-state index is 0.114. The number of unbranched alkanes of at least 4 members (excludes halogenated alkanes) is 1. The van der Waals surface area contributed by atoms with Crippen LogP contribution in [0, 0.1) is 0 Å². The monoisotopic (exact) mass is 673 g/mol. The van der Waals surface area contributed by atoms with E-state index in [9.17, 15) is 18.0 Å². The van der Waals surface area contributed by atoms with Crippen molar-refractivity contribution in [3.05, 3.63) is 125 Å². The summed E-state index contributed by atoms with van der Waals surface area (Å²) in [5.74, 6) is 0. The van der Waals surface area contributed by atoms with Gasteiger partial charge >= 0.3 is 12.2 Å². The van der Waals surface area contributed by atoms with Gasteiger partial charge in [-0.2, -0.15) is 0 Å². The van der Waals surface area contributed by atoms with Crippen LogP contribution in [-0.4, -0.2) is 47.7 Å². The van der Waals surface area contributed by atoms with Crippen molar-refractivity contribution in [2.75, 3.05) is 6.54 Å². The van der Waals surface area contributed by atoms with Gasteiger partial charge in [0.25, 0.3) is 0 Å². The van der Waals surface area contributed by atoms with Gasteiger partial charge in [0.1, 0.15) is 17.9 Å². The van der Waals surface area contributed by atoms with Gasteiger partial charge < -0.3 is 20.1 Å². The van der Waals surface area contributed by atoms with Crippen LogP contribution in [0.3, 0.4) is 0 Å². The fraction of sp³-hybridized carbons (Fsp3) is 0.333. The molecule has 0 bridgehead atoms. The Morgan fingerprint density at radius 3 is 2.15 bits per heavy atom. The van der Waals surface area contributed by atoms with Gasteiger partial charge in [-0.15, -0.1) is 5.10 Å². The molecule has 4 aromatic rings. The lowest BCUT2D eigenvalue weighted by Crippen LogP contribution is -2.33. The summed E-state index contributed by atoms with van der Waals surface area (Å²) in [6.07, 6.45) is 4.43. The molecule has 1 aromatic heterocycles. The maximum Gasteiger partial charge on any atom is 0.408 e. The highest BCUT2D eigenvalue weighted by atomic mass is 32.2. The molecule has 2 N–H and O–H groups in total. The Morgan fingerprint density at radius 2 is 1.50 bits per heavy atom. The van der Waals surface area contributed by atoms with E-state index in [0.29, 0.717) is 37.9 Å². The number of benzene rings is 3. The smallest absolute Gasteiger partial charge is 0.408 e. The van der Waals surface area contributed by atoms with E-state index in [1.807, 2.05) is 60.7 Å². The molecular weight excluding hydrogens is 630 g/mol. The molecule has 0 aliphatic rings. The van der Waals surface area contributed by atoms with Crippen molar-refractivity contribution in [1.82, 2.24) is 25.6 Å². The molecule has 0 aliphatic carbocycles. The highest BCUT2D eigenvalue weighted by Gasteiger charge is 2.22. The first kappa shape index (κ1) is 35.9. The van der Waals surface area contributed by atoms with Gasteiger partial charge in [-0.25, -0.2) is 22.7 Å². The van der Waals surface area contributed by atoms with E-state index >= 15 is 0 Å². The van der Waals surface area contributed by atoms with E-state index in [2.05, 4.69) is 20.9 Å². The molecule has 4 rings (SSSR count). The van der Waals surface area contributed by atoms with Crippen molar-refractivity contribution in [1.29, 1.82) is 0 Å². The molecule has 0 fully saturated rings. The minimum Gasteiger partial charge on any atom is -0.445 e. The summed E-state index contributed by atoms with van der Waals surface area (Å²) in [6.45, 7) is 5.90. The summed E-state index contributed by atoms with van der Waals surface area (Å²) >= 11 is 0. The summed E-state index contributed by atoms with van der Waals surface area (Å²) in [4.78, 5) is 25.1. The highest BCUT2D eigenvalue weighted by Crippen LogP contribution is 2.23. The summed E-state index contributed by atoms with van der Waals surface area (Å²) in [7, 11) is -3.71. The molecule has 12 heteroatoms. The fourth-order valence-electron chi connectivity index (χ4n) is 4.78. The lowest BCUT2D eigenvalue weighted by molar-refractivity contribution is 0.0526. The maximum absolute atomic E-state index is 13.1. The first-order valence-electron chi connectivity index (χ1n) is 15.9. The number of nitrogens with one attached hydrogen (secondary N) is 2. The molecule has 48 heavy (non-hydrogen) atoms. The molecule has 1 heterocycles. The molecular formula is C36H43N5O6S. The van der Waals surface area contributed by atoms with Gasteiger partial charge in [0.15, 0.2) is 9.84 Å². The van der Waals surface area contributed by atoms with Crippen molar-refractivity contribution in [2.24, 2.45) is 0 Å². The van der Waals surface area contributed by atoms with Gasteiger partial charge in [0, 0.05) is 12.0 Å². The van der Waals surface area contributed by atoms with E-state index in [4.69, 9.17) is 9.47 Å². The zero-order valence-electron chi connectivity index (χ0n) is 27.5. The van der Waals surface area contributed by atoms with Gasteiger partial charge in [-0.1, -0.05) is 84.1 Å². The number of sulfone groups is 1. The van der Waals surface area contributed by atoms with Crippen molar-refractivity contribution in [2.45, 2.75) is 75.6 Å². The van der Waals surface area contributed by atoms with Crippen LogP contribution in [0.1, 0.15) is 68.9 Å². The normalized spacial score (nSPS) is 13.1. The van der Waals surface area contributed by atoms with E-state index in [0.717, 1.165) is 11.1 Å². The Hall–Kier alpha value is -4.97. The van der Waals surface area contributed by atoms with Gasteiger partial charge in [-0.3, -0.25) is 0 Å². The van der Waals surface area contributed by atoms with Gasteiger partial charge in [0.05, 0.1) is 23.2 Å². The molecule has 2 atom stereocenters. The maximum atomic E-state index is 13.1. The number of alkyl carbamates (subject to hydrolysis) is 2. The Kier molecular flexibility index (Phi) is 12.9. The topological polar surface area (TPSA) is 142 Å². The molecule has 3 aromatic carbocycles. The largest absolute Gasteiger partial charge is 0.445 e. The number of nitrogens with zero attached hydrogens (tertiary/aromatic N) is 3. The van der Waals surface area contributed by atoms with Gasteiger partial charge in [-0.05, 0) is 75.8 Å². The third-order valence-corrected chi connectivity index (χ3v) is 8.60. The second-order valence-electron chi connectivity index (χ2n) is 12.3. The highest BCUT2D eigenvalue weighted by molar-refractivity contribution is 7.94. The molecule has 254 valence electrons. The molecule has 0 unspecified atom stereocenters. The van der Waals surface area contributed by atoms with Crippen molar-refractivity contribution >= 4 is 22.0 Å². The van der Waals surface area contributed by atoms with Crippen LogP contribution in [-0.2, 0) is 32.3 Å². The van der Waals surface area contributed by atoms with Gasteiger partial charge in [0.2, 0.25) is 0 Å². The lowest BCUT2D eigenvalue weighted by atomic mass is 10.0. The third-order valence-electron chi connectivity index (χ3n) is 7.16. The molecule has 2 amide bonds. The van der Waals surface area contributed by atoms with E-state index in [1.165, 1.54) is 5.41 Å². The van der Waals surface area contributed by atoms with Crippen LogP contribution in [0.5, 0.6) is 0 Å². The van der Waals surface area contributed by atoms with E-state index < -0.39 is 39.7 Å². The number of allylic oxidation sites excluding steroid dienone is 1. The fourth-order valence-corrected chi connectivity index (χ4v) is 5.86. The SMILES string of the molecule is CC(C)(C)OC(=O)NCCCC[C@@H](/C=C/S(=O)(=O)c1ccccc1)n1cc([C@H](Cc2ccccc2)NC(=O)OCc2ccccc2)nn1. The van der Waals surface area contributed by atoms with Crippen LogP contribution in [0.2, 0.25) is 0 Å². The number of amides is 2. The summed E-state index contributed by atoms with van der Waals surface area (Å²) < 4.78 is 38.5. The van der Waals surface area contributed by atoms with Crippen LogP contribution >= 0.6 is 0 Å². The molecule has 0 saturated heterocycles. The van der Waals surface area contributed by atoms with Crippen LogP contribution in [0.4, 0.5) is 9.59 Å². The molecule has 11 nitrogen and oxygen atoms in total. The average Bonchev–Trinajstić information content (AvgIpc) is 3.55. The van der Waals surface area contributed by atoms with E-state index in [1.54, 1.807) is 68.1 Å². The van der Waals surface area contributed by atoms with Crippen molar-refractivity contribution in [3.8, 4) is 0 Å². The Labute approximate surface area is 282 Å². The second kappa shape index (κ2) is 17.3. The standard InChI is InChI=1S/C36H43N5O6S/c1-36(2,3)47-34(42)37-23-14-13-19-30(22-24-48(44,45)31-20-11-6-12-21-31)41-26-33(39-40-41)32(25-28-15-7-4-8-16-28)38-35(43)46-27-29-17-9-5-10-18-29/h4-12,15-18,20-22,24,26,30,32H,13-14,19,23,25,27H2,1-3H3,(H,37,42)(H,38,43)/b24-22+/t30-,32-/m0/s1. The first-order valence-corrected chi connectivity index (χ1v) is 17.4. The summed E-state index contributed by atoms with van der Waals surface area (Å²) in [5, 5.41) is 15.6. The molecule has 0 radical (unpaired) electrons. The predicted molar refractivity (Wildman–Crippen MR) is 183 cm³/mol. The average molecular weight is 674 g/mol. The lowest BCUT2D eigenvalue weighted by Gasteiger charge is -2.19. The second-order valence-corrected chi connectivity index (χ2v) is 14.1. The number of carbonyl (C=O) groups excluding carboxylic acids is 2. The molecule has 0 spiro atoms. The number of hydrogen-bond donors (Lipinski definition) is 2. The van der Waals surface area contributed by atoms with Crippen LogP contribution < -0.4 is 10.6 Å². The third kappa shape index (κ3) is 12.0. The minimum atomic E-state index is -3.71. The Balaban J connectivity index is 1.50. The van der Waals surface area contributed by atoms with Crippen molar-refractivity contribution < 1.29 is 27.5 Å². The number of ether oxygens (including phenoxy) is 2. The zero-order chi connectivity index (χ0) is 34.4. The van der Waals surface area contributed by atoms with Crippen LogP contribution in [0.25, 0.3) is 0 Å². The predicted octanol–water partition coefficient (Wildman–Crippen LogP) is 6.71. The summed E-state index contributed by atoms with van der Waals surface area (Å²) in [5.41, 5.74) is 1.73. The number of rotatable bonds is 15. The number of carbonyl (C=O) groups is 2. The van der Waals surface area contributed by atoms with Crippen LogP contribution in [0.15, 0.2) is 114 Å². The first-order chi connectivity index (χ1) is 23.0. The number of aromatic nitrogens is 3. The molecule has 0 saturated carbocycles. The number of hydrogen-bond acceptors (Lipinski definition) is 8. The van der Waals surface area contributed by atoms with Crippen molar-refractivity contribution in [3.63, 3.8) is 0 Å². The quantitative estimate of drug-likeness (QED) is 0.133. The Bertz CT molecular complexity index is 1720. The van der Waals surface area contributed by atoms with E-state index in [-0.39, 0.29) is 11.5 Å². The zero-order valence-corrected chi connectivity index (χ0v) is 28.3. The molecule has 0 aliphatic heterocycles.